The van der Waals surface area contributed by atoms with Gasteiger partial charge in [-0.3, -0.25) is 4.79 Å². The molecule has 1 saturated heterocycles. The van der Waals surface area contributed by atoms with Crippen molar-refractivity contribution in [2.75, 3.05) is 24.5 Å². The van der Waals surface area contributed by atoms with Gasteiger partial charge in [0, 0.05) is 19.6 Å². The third-order valence-corrected chi connectivity index (χ3v) is 6.29. The predicted octanol–water partition coefficient (Wildman–Crippen LogP) is 4.51. The van der Waals surface area contributed by atoms with Gasteiger partial charge in [-0.25, -0.2) is 0 Å². The Morgan fingerprint density at radius 2 is 1.72 bits per heavy atom. The Balaban J connectivity index is 1.66. The maximum Gasteiger partial charge on any atom is 0.259 e. The van der Waals surface area contributed by atoms with Gasteiger partial charge in [-0.15, -0.1) is 0 Å². The first-order chi connectivity index (χ1) is 15.4. The van der Waals surface area contributed by atoms with Gasteiger partial charge in [-0.2, -0.15) is 5.26 Å². The van der Waals surface area contributed by atoms with Crippen molar-refractivity contribution in [1.29, 1.82) is 5.26 Å². The second-order valence-corrected chi connectivity index (χ2v) is 8.49. The van der Waals surface area contributed by atoms with Crippen LogP contribution in [0.2, 0.25) is 5.02 Å². The van der Waals surface area contributed by atoms with E-state index in [-0.39, 0.29) is 11.9 Å². The van der Waals surface area contributed by atoms with Crippen molar-refractivity contribution < 1.29 is 9.90 Å². The molecule has 4 rings (SSSR count). The number of hydrogen-bond donors (Lipinski definition) is 1. The molecule has 1 fully saturated rings. The molecule has 32 heavy (non-hydrogen) atoms. The summed E-state index contributed by atoms with van der Waals surface area (Å²) in [5.41, 5.74) is 1.32. The SMILES string of the molecule is C[C@](O)(C(=O)N1CCN(c2ccc(C#N)cc2Cl)[C@H](c2ccccc2)C1)c1ccccc1. The van der Waals surface area contributed by atoms with Crippen molar-refractivity contribution in [1.82, 2.24) is 4.90 Å². The number of rotatable bonds is 4. The average molecular weight is 446 g/mol. The third kappa shape index (κ3) is 4.20. The molecule has 6 heteroatoms. The van der Waals surface area contributed by atoms with Gasteiger partial charge in [0.05, 0.1) is 28.4 Å². The lowest BCUT2D eigenvalue weighted by Crippen LogP contribution is -2.55. The Kier molecular flexibility index (Phi) is 6.18. The van der Waals surface area contributed by atoms with Gasteiger partial charge in [-0.1, -0.05) is 72.3 Å². The van der Waals surface area contributed by atoms with Gasteiger partial charge in [-0.05, 0) is 36.2 Å². The molecule has 1 heterocycles. The molecule has 0 unspecified atom stereocenters. The lowest BCUT2D eigenvalue weighted by Gasteiger charge is -2.45. The Morgan fingerprint density at radius 3 is 2.34 bits per heavy atom. The first kappa shape index (κ1) is 21.9. The molecule has 1 aliphatic rings. The number of carbonyl (C=O) groups excluding carboxylic acids is 1. The third-order valence-electron chi connectivity index (χ3n) is 5.99. The number of nitriles is 1. The highest BCUT2D eigenvalue weighted by Gasteiger charge is 2.40. The Bertz CT molecular complexity index is 1140. The number of carbonyl (C=O) groups is 1. The zero-order valence-electron chi connectivity index (χ0n) is 17.8. The lowest BCUT2D eigenvalue weighted by molar-refractivity contribution is -0.151. The van der Waals surface area contributed by atoms with Crippen LogP contribution in [0, 0.1) is 11.3 Å². The number of piperazine rings is 1. The topological polar surface area (TPSA) is 67.6 Å². The van der Waals surface area contributed by atoms with Gasteiger partial charge in [0.1, 0.15) is 0 Å². The van der Waals surface area contributed by atoms with Crippen LogP contribution in [0.5, 0.6) is 0 Å². The summed E-state index contributed by atoms with van der Waals surface area (Å²) < 4.78 is 0. The summed E-state index contributed by atoms with van der Waals surface area (Å²) in [6.45, 7) is 2.94. The van der Waals surface area contributed by atoms with Crippen molar-refractivity contribution in [3.05, 3.63) is 101 Å². The van der Waals surface area contributed by atoms with E-state index in [2.05, 4.69) is 11.0 Å². The Hall–Kier alpha value is -3.33. The van der Waals surface area contributed by atoms with E-state index in [1.807, 2.05) is 54.6 Å². The van der Waals surface area contributed by atoms with Crippen LogP contribution in [0.4, 0.5) is 5.69 Å². The molecular formula is C26H24ClN3O2. The molecule has 0 saturated carbocycles. The van der Waals surface area contributed by atoms with Crippen LogP contribution in [0.15, 0.2) is 78.9 Å². The van der Waals surface area contributed by atoms with Crippen LogP contribution in [0.3, 0.4) is 0 Å². The van der Waals surface area contributed by atoms with Crippen molar-refractivity contribution in [2.45, 2.75) is 18.6 Å². The minimum Gasteiger partial charge on any atom is -0.376 e. The highest BCUT2D eigenvalue weighted by atomic mass is 35.5. The van der Waals surface area contributed by atoms with Crippen LogP contribution in [0.1, 0.15) is 29.7 Å². The molecule has 3 aromatic carbocycles. The van der Waals surface area contributed by atoms with Crippen LogP contribution < -0.4 is 4.90 Å². The number of aliphatic hydroxyl groups is 1. The molecule has 162 valence electrons. The summed E-state index contributed by atoms with van der Waals surface area (Å²) in [7, 11) is 0. The molecule has 3 aromatic rings. The lowest BCUT2D eigenvalue weighted by atomic mass is 9.93. The van der Waals surface area contributed by atoms with Crippen LogP contribution >= 0.6 is 11.6 Å². The maximum absolute atomic E-state index is 13.4. The Morgan fingerprint density at radius 1 is 1.06 bits per heavy atom. The molecule has 5 nitrogen and oxygen atoms in total. The van der Waals surface area contributed by atoms with Gasteiger partial charge >= 0.3 is 0 Å². The quantitative estimate of drug-likeness (QED) is 0.641. The Labute approximate surface area is 193 Å². The highest BCUT2D eigenvalue weighted by molar-refractivity contribution is 6.33. The van der Waals surface area contributed by atoms with E-state index in [1.165, 1.54) is 0 Å². The maximum atomic E-state index is 13.4. The first-order valence-corrected chi connectivity index (χ1v) is 10.9. The zero-order chi connectivity index (χ0) is 22.7. The normalized spacial score (nSPS) is 18.0. The summed E-state index contributed by atoms with van der Waals surface area (Å²) in [4.78, 5) is 17.3. The van der Waals surface area contributed by atoms with Crippen molar-refractivity contribution in [2.24, 2.45) is 0 Å². The van der Waals surface area contributed by atoms with E-state index in [0.29, 0.717) is 35.8 Å². The first-order valence-electron chi connectivity index (χ1n) is 10.5. The fourth-order valence-corrected chi connectivity index (χ4v) is 4.51. The predicted molar refractivity (Wildman–Crippen MR) is 125 cm³/mol. The zero-order valence-corrected chi connectivity index (χ0v) is 18.5. The second-order valence-electron chi connectivity index (χ2n) is 8.09. The summed E-state index contributed by atoms with van der Waals surface area (Å²) >= 11 is 6.53. The average Bonchev–Trinajstić information content (AvgIpc) is 2.84. The minimum atomic E-state index is -1.61. The van der Waals surface area contributed by atoms with E-state index in [0.717, 1.165) is 11.3 Å². The molecule has 0 aliphatic carbocycles. The number of hydrogen-bond acceptors (Lipinski definition) is 4. The van der Waals surface area contributed by atoms with E-state index >= 15 is 0 Å². The molecule has 0 radical (unpaired) electrons. The highest BCUT2D eigenvalue weighted by Crippen LogP contribution is 2.36. The summed E-state index contributed by atoms with van der Waals surface area (Å²) in [5, 5.41) is 20.8. The fraction of sp³-hybridized carbons (Fsp3) is 0.231. The smallest absolute Gasteiger partial charge is 0.259 e. The van der Waals surface area contributed by atoms with Crippen molar-refractivity contribution in [3.8, 4) is 6.07 Å². The number of halogens is 1. The number of anilines is 1. The largest absolute Gasteiger partial charge is 0.376 e. The summed E-state index contributed by atoms with van der Waals surface area (Å²) in [6, 6.07) is 26.2. The van der Waals surface area contributed by atoms with E-state index in [9.17, 15) is 9.90 Å². The fourth-order valence-electron chi connectivity index (χ4n) is 4.22. The molecule has 0 spiro atoms. The van der Waals surface area contributed by atoms with Crippen LogP contribution in [0.25, 0.3) is 0 Å². The van der Waals surface area contributed by atoms with Gasteiger partial charge < -0.3 is 14.9 Å². The van der Waals surface area contributed by atoms with Gasteiger partial charge in [0.15, 0.2) is 5.60 Å². The molecule has 0 aromatic heterocycles. The molecule has 2 atom stereocenters. The molecule has 1 aliphatic heterocycles. The monoisotopic (exact) mass is 445 g/mol. The van der Waals surface area contributed by atoms with E-state index in [1.54, 1.807) is 36.1 Å². The minimum absolute atomic E-state index is 0.147. The number of nitrogens with zero attached hydrogens (tertiary/aromatic N) is 3. The number of amides is 1. The van der Waals surface area contributed by atoms with Gasteiger partial charge in [0.2, 0.25) is 0 Å². The second kappa shape index (κ2) is 9.04. The summed E-state index contributed by atoms with van der Waals surface area (Å²) in [6.07, 6.45) is 0. The van der Waals surface area contributed by atoms with E-state index < -0.39 is 5.60 Å². The summed E-state index contributed by atoms with van der Waals surface area (Å²) in [5.74, 6) is -0.324. The van der Waals surface area contributed by atoms with Crippen LogP contribution in [-0.2, 0) is 10.4 Å². The standard InChI is InChI=1S/C26H24ClN3O2/c1-26(32,21-10-6-3-7-11-21)25(31)29-14-15-30(23-13-12-19(17-28)16-22(23)27)24(18-29)20-8-4-2-5-9-20/h2-13,16,24,32H,14-15,18H2,1H3/t24-,26+/m0/s1. The van der Waals surface area contributed by atoms with Gasteiger partial charge in [0.25, 0.3) is 5.91 Å². The van der Waals surface area contributed by atoms with Crippen molar-refractivity contribution >= 4 is 23.2 Å². The molecule has 1 N–H and O–H groups in total. The molecular weight excluding hydrogens is 422 g/mol. The molecule has 1 amide bonds. The molecule has 0 bridgehead atoms. The van der Waals surface area contributed by atoms with Crippen LogP contribution in [-0.4, -0.2) is 35.5 Å². The number of benzene rings is 3. The van der Waals surface area contributed by atoms with Crippen molar-refractivity contribution in [3.63, 3.8) is 0 Å². The van der Waals surface area contributed by atoms with E-state index in [4.69, 9.17) is 16.9 Å².